The first-order valence-corrected chi connectivity index (χ1v) is 10.1. The Morgan fingerprint density at radius 1 is 1.10 bits per heavy atom. The minimum Gasteiger partial charge on any atom is -0.465 e. The van der Waals surface area contributed by atoms with E-state index in [4.69, 9.17) is 4.74 Å². The van der Waals surface area contributed by atoms with E-state index in [0.717, 1.165) is 5.56 Å². The van der Waals surface area contributed by atoms with Crippen molar-refractivity contribution in [2.75, 3.05) is 7.11 Å². The van der Waals surface area contributed by atoms with E-state index in [1.807, 2.05) is 30.3 Å². The van der Waals surface area contributed by atoms with Crippen LogP contribution in [0.3, 0.4) is 0 Å². The molecule has 7 heteroatoms. The number of ether oxygens (including phenoxy) is 1. The molecule has 3 nitrogen and oxygen atoms in total. The maximum Gasteiger partial charge on any atom is 0.390 e. The summed E-state index contributed by atoms with van der Waals surface area (Å²) in [5.41, 5.74) is 2.91. The number of carbonyl (C=O) groups excluding carboxylic acids is 1. The third-order valence-corrected chi connectivity index (χ3v) is 5.98. The van der Waals surface area contributed by atoms with Crippen LogP contribution in [0.2, 0.25) is 0 Å². The number of aromatic amines is 1. The molecule has 0 aliphatic carbocycles. The molecule has 2 aromatic heterocycles. The van der Waals surface area contributed by atoms with Crippen LogP contribution in [0.5, 0.6) is 0 Å². The van der Waals surface area contributed by atoms with Gasteiger partial charge in [-0.15, -0.1) is 11.3 Å². The average molecular weight is 429 g/mol. The number of thiophene rings is 1. The van der Waals surface area contributed by atoms with Gasteiger partial charge < -0.3 is 9.72 Å². The first-order valence-electron chi connectivity index (χ1n) is 9.27. The SMILES string of the molecule is COC(=O)c1ccc2c(C(CC(F)(F)F)c3cccs3)c(-c3ccccc3)[nH]c2c1. The van der Waals surface area contributed by atoms with Crippen LogP contribution >= 0.6 is 11.3 Å². The van der Waals surface area contributed by atoms with Crippen LogP contribution in [0.15, 0.2) is 66.0 Å². The Kier molecular flexibility index (Phi) is 5.39. The molecular weight excluding hydrogens is 411 g/mol. The summed E-state index contributed by atoms with van der Waals surface area (Å²) in [4.78, 5) is 15.8. The van der Waals surface area contributed by atoms with E-state index in [0.29, 0.717) is 32.6 Å². The number of hydrogen-bond donors (Lipinski definition) is 1. The van der Waals surface area contributed by atoms with Crippen molar-refractivity contribution >= 4 is 28.2 Å². The largest absolute Gasteiger partial charge is 0.465 e. The van der Waals surface area contributed by atoms with Gasteiger partial charge in [0.1, 0.15) is 0 Å². The number of nitrogens with one attached hydrogen (secondary N) is 1. The fraction of sp³-hybridized carbons (Fsp3) is 0.174. The summed E-state index contributed by atoms with van der Waals surface area (Å²) in [6.45, 7) is 0. The molecule has 1 unspecified atom stereocenters. The monoisotopic (exact) mass is 429 g/mol. The predicted molar refractivity (Wildman–Crippen MR) is 112 cm³/mol. The fourth-order valence-corrected chi connectivity index (χ4v) is 4.56. The molecule has 154 valence electrons. The van der Waals surface area contributed by atoms with Crippen molar-refractivity contribution in [2.24, 2.45) is 0 Å². The van der Waals surface area contributed by atoms with Crippen LogP contribution in [0.25, 0.3) is 22.2 Å². The second kappa shape index (κ2) is 7.99. The van der Waals surface area contributed by atoms with Crippen molar-refractivity contribution in [3.63, 3.8) is 0 Å². The van der Waals surface area contributed by atoms with Crippen molar-refractivity contribution < 1.29 is 22.7 Å². The quantitative estimate of drug-likeness (QED) is 0.356. The summed E-state index contributed by atoms with van der Waals surface area (Å²) in [6.07, 6.45) is -5.31. The Morgan fingerprint density at radius 3 is 2.50 bits per heavy atom. The number of aromatic nitrogens is 1. The summed E-state index contributed by atoms with van der Waals surface area (Å²) in [6, 6.07) is 17.6. The molecule has 0 bridgehead atoms. The molecule has 2 aromatic carbocycles. The highest BCUT2D eigenvalue weighted by Crippen LogP contribution is 2.45. The van der Waals surface area contributed by atoms with Gasteiger partial charge in [0.25, 0.3) is 0 Å². The molecule has 30 heavy (non-hydrogen) atoms. The molecule has 0 spiro atoms. The van der Waals surface area contributed by atoms with Crippen LogP contribution in [0.4, 0.5) is 13.2 Å². The lowest BCUT2D eigenvalue weighted by molar-refractivity contribution is -0.136. The molecular formula is C23H18F3NO2S. The van der Waals surface area contributed by atoms with Gasteiger partial charge in [-0.2, -0.15) is 13.2 Å². The second-order valence-corrected chi connectivity index (χ2v) is 7.90. The summed E-state index contributed by atoms with van der Waals surface area (Å²) >= 11 is 1.31. The molecule has 4 aromatic rings. The molecule has 0 aliphatic rings. The van der Waals surface area contributed by atoms with Crippen LogP contribution in [-0.2, 0) is 4.74 Å². The van der Waals surface area contributed by atoms with Crippen LogP contribution < -0.4 is 0 Å². The summed E-state index contributed by atoms with van der Waals surface area (Å²) in [5.74, 6) is -1.36. The van der Waals surface area contributed by atoms with E-state index in [9.17, 15) is 18.0 Å². The zero-order valence-corrected chi connectivity index (χ0v) is 16.8. The lowest BCUT2D eigenvalue weighted by atomic mass is 9.89. The van der Waals surface area contributed by atoms with Gasteiger partial charge in [-0.05, 0) is 34.7 Å². The summed E-state index contributed by atoms with van der Waals surface area (Å²) < 4.78 is 45.5. The molecule has 1 atom stereocenters. The number of carbonyl (C=O) groups is 1. The van der Waals surface area contributed by atoms with E-state index in [1.165, 1.54) is 18.4 Å². The maximum atomic E-state index is 13.6. The molecule has 4 rings (SSSR count). The number of methoxy groups -OCH3 is 1. The lowest BCUT2D eigenvalue weighted by Gasteiger charge is -2.19. The Morgan fingerprint density at radius 2 is 1.87 bits per heavy atom. The number of halogens is 3. The molecule has 0 amide bonds. The van der Waals surface area contributed by atoms with Gasteiger partial charge in [-0.3, -0.25) is 0 Å². The van der Waals surface area contributed by atoms with E-state index in [1.54, 1.807) is 35.7 Å². The average Bonchev–Trinajstić information content (AvgIpc) is 3.39. The highest BCUT2D eigenvalue weighted by Gasteiger charge is 2.36. The first kappa shape index (κ1) is 20.2. The molecule has 0 saturated heterocycles. The zero-order valence-electron chi connectivity index (χ0n) is 16.0. The van der Waals surface area contributed by atoms with Crippen molar-refractivity contribution in [2.45, 2.75) is 18.5 Å². The van der Waals surface area contributed by atoms with Crippen LogP contribution in [-0.4, -0.2) is 24.2 Å². The Balaban J connectivity index is 1.98. The molecule has 2 heterocycles. The minimum absolute atomic E-state index is 0.334. The molecule has 1 N–H and O–H groups in total. The van der Waals surface area contributed by atoms with E-state index in [-0.39, 0.29) is 0 Å². The third-order valence-electron chi connectivity index (χ3n) is 4.99. The molecule has 0 saturated carbocycles. The van der Waals surface area contributed by atoms with Crippen molar-refractivity contribution in [3.05, 3.63) is 82.0 Å². The Bertz CT molecular complexity index is 1160. The van der Waals surface area contributed by atoms with Crippen LogP contribution in [0, 0.1) is 0 Å². The normalized spacial score (nSPS) is 12.8. The van der Waals surface area contributed by atoms with E-state index in [2.05, 4.69) is 4.98 Å². The number of esters is 1. The van der Waals surface area contributed by atoms with E-state index >= 15 is 0 Å². The van der Waals surface area contributed by atoms with Crippen LogP contribution in [0.1, 0.15) is 33.1 Å². The first-order chi connectivity index (χ1) is 14.4. The van der Waals surface area contributed by atoms with Gasteiger partial charge in [0.15, 0.2) is 0 Å². The van der Waals surface area contributed by atoms with Crippen molar-refractivity contribution in [3.8, 4) is 11.3 Å². The second-order valence-electron chi connectivity index (χ2n) is 6.92. The number of H-pyrrole nitrogens is 1. The fourth-order valence-electron chi connectivity index (χ4n) is 3.72. The maximum absolute atomic E-state index is 13.6. The number of alkyl halides is 3. The Labute approximate surface area is 175 Å². The van der Waals surface area contributed by atoms with Gasteiger partial charge in [0.2, 0.25) is 0 Å². The van der Waals surface area contributed by atoms with E-state index < -0.39 is 24.5 Å². The highest BCUT2D eigenvalue weighted by molar-refractivity contribution is 7.10. The summed E-state index contributed by atoms with van der Waals surface area (Å²) in [7, 11) is 1.29. The number of rotatable bonds is 5. The van der Waals surface area contributed by atoms with Crippen molar-refractivity contribution in [1.82, 2.24) is 4.98 Å². The van der Waals surface area contributed by atoms with Gasteiger partial charge in [0.05, 0.1) is 24.8 Å². The van der Waals surface area contributed by atoms with Gasteiger partial charge in [0, 0.05) is 21.7 Å². The highest BCUT2D eigenvalue weighted by atomic mass is 32.1. The molecule has 0 aliphatic heterocycles. The van der Waals surface area contributed by atoms with Gasteiger partial charge in [-0.25, -0.2) is 4.79 Å². The number of benzene rings is 2. The topological polar surface area (TPSA) is 42.1 Å². The molecule has 0 radical (unpaired) electrons. The third kappa shape index (κ3) is 3.98. The lowest BCUT2D eigenvalue weighted by Crippen LogP contribution is -2.14. The number of hydrogen-bond acceptors (Lipinski definition) is 3. The molecule has 0 fully saturated rings. The predicted octanol–water partition coefficient (Wildman–Crippen LogP) is 6.77. The van der Waals surface area contributed by atoms with Gasteiger partial charge in [-0.1, -0.05) is 42.5 Å². The number of fused-ring (bicyclic) bond motifs is 1. The Hall–Kier alpha value is -3.06. The smallest absolute Gasteiger partial charge is 0.390 e. The van der Waals surface area contributed by atoms with Crippen molar-refractivity contribution in [1.29, 1.82) is 0 Å². The zero-order chi connectivity index (χ0) is 21.3. The standard InChI is InChI=1S/C23H18F3NO2S/c1-29-22(28)15-9-10-16-18(12-15)27-21(14-6-3-2-4-7-14)20(16)17(13-23(24,25)26)19-8-5-11-30-19/h2-12,17,27H,13H2,1H3. The minimum atomic E-state index is -4.34. The summed E-state index contributed by atoms with van der Waals surface area (Å²) in [5, 5.41) is 2.44. The van der Waals surface area contributed by atoms with Gasteiger partial charge >= 0.3 is 12.1 Å².